The molecule has 0 atom stereocenters. The maximum Gasteiger partial charge on any atom is 0.402 e. The first-order valence-electron chi connectivity index (χ1n) is 4.28. The van der Waals surface area contributed by atoms with E-state index in [1.54, 1.807) is 0 Å². The van der Waals surface area contributed by atoms with E-state index in [2.05, 4.69) is 0 Å². The summed E-state index contributed by atoms with van der Waals surface area (Å²) in [5.41, 5.74) is 0. The third kappa shape index (κ3) is 4.33. The van der Waals surface area contributed by atoms with Gasteiger partial charge in [0.2, 0.25) is 0 Å². The van der Waals surface area contributed by atoms with Gasteiger partial charge in [-0.25, -0.2) is 0 Å². The van der Waals surface area contributed by atoms with Crippen LogP contribution in [0.5, 0.6) is 0 Å². The molecule has 1 rings (SSSR count). The fourth-order valence-corrected chi connectivity index (χ4v) is 2.08. The summed E-state index contributed by atoms with van der Waals surface area (Å²) < 4.78 is 59.7. The molecule has 0 amide bonds. The summed E-state index contributed by atoms with van der Waals surface area (Å²) in [4.78, 5) is 4.72. The zero-order valence-electron chi connectivity index (χ0n) is 7.75. The van der Waals surface area contributed by atoms with Crippen LogP contribution >= 0.6 is 0 Å². The lowest BCUT2D eigenvalue weighted by Gasteiger charge is -2.25. The molecule has 1 N–H and O–H groups in total. The van der Waals surface area contributed by atoms with E-state index in [1.807, 2.05) is 0 Å². The van der Waals surface area contributed by atoms with E-state index in [1.165, 1.54) is 4.72 Å². The fraction of sp³-hybridized carbons (Fsp3) is 1.00. The molecule has 1 heterocycles. The van der Waals surface area contributed by atoms with Crippen LogP contribution < -0.4 is 4.72 Å². The maximum absolute atomic E-state index is 11.8. The molecule has 0 spiro atoms. The molecule has 9 heteroatoms. The number of nitrogens with zero attached hydrogens (tertiary/aromatic N) is 1. The van der Waals surface area contributed by atoms with E-state index in [9.17, 15) is 21.6 Å². The van der Waals surface area contributed by atoms with Crippen molar-refractivity contribution in [3.8, 4) is 0 Å². The quantitative estimate of drug-likeness (QED) is 0.787. The van der Waals surface area contributed by atoms with Gasteiger partial charge in [-0.2, -0.15) is 26.3 Å². The van der Waals surface area contributed by atoms with Crippen molar-refractivity contribution in [1.82, 2.24) is 9.19 Å². The first-order chi connectivity index (χ1) is 6.81. The third-order valence-electron chi connectivity index (χ3n) is 1.69. The molecule has 90 valence electrons. The van der Waals surface area contributed by atoms with Gasteiger partial charge in [0.1, 0.15) is 6.54 Å². The van der Waals surface area contributed by atoms with Gasteiger partial charge in [0.15, 0.2) is 0 Å². The third-order valence-corrected chi connectivity index (χ3v) is 3.03. The minimum absolute atomic E-state index is 0.0766. The zero-order chi connectivity index (χ0) is 11.5. The molecule has 0 bridgehead atoms. The SMILES string of the molecule is O=S(=O)(NCC(F)(F)F)N1CCCCO1. The minimum Gasteiger partial charge on any atom is -0.283 e. The molecule has 0 radical (unpaired) electrons. The molecule has 1 aliphatic rings. The van der Waals surface area contributed by atoms with Crippen LogP contribution in [0.4, 0.5) is 13.2 Å². The number of hydroxylamine groups is 1. The maximum atomic E-state index is 11.8. The average Bonchev–Trinajstić information content (AvgIpc) is 2.16. The van der Waals surface area contributed by atoms with Gasteiger partial charge in [0.05, 0.1) is 6.61 Å². The van der Waals surface area contributed by atoms with E-state index in [0.29, 0.717) is 17.3 Å². The van der Waals surface area contributed by atoms with Crippen molar-refractivity contribution in [1.29, 1.82) is 0 Å². The standard InChI is InChI=1S/C6H11F3N2O3S/c7-6(8,9)5-10-15(12,13)11-3-1-2-4-14-11/h10H,1-5H2. The van der Waals surface area contributed by atoms with Gasteiger partial charge in [-0.3, -0.25) is 4.84 Å². The number of hydrogen-bond acceptors (Lipinski definition) is 3. The minimum atomic E-state index is -4.57. The number of alkyl halides is 3. The normalized spacial score (nSPS) is 20.5. The summed E-state index contributed by atoms with van der Waals surface area (Å²) in [6.07, 6.45) is -3.29. The lowest BCUT2D eigenvalue weighted by atomic mass is 10.3. The first-order valence-corrected chi connectivity index (χ1v) is 5.72. The molecule has 0 aromatic heterocycles. The molecular formula is C6H11F3N2O3S. The van der Waals surface area contributed by atoms with E-state index >= 15 is 0 Å². The number of nitrogens with one attached hydrogen (secondary N) is 1. The number of rotatable bonds is 3. The highest BCUT2D eigenvalue weighted by Crippen LogP contribution is 2.15. The monoisotopic (exact) mass is 248 g/mol. The van der Waals surface area contributed by atoms with Gasteiger partial charge in [-0.1, -0.05) is 4.47 Å². The molecule has 0 aromatic rings. The van der Waals surface area contributed by atoms with Crippen molar-refractivity contribution in [2.24, 2.45) is 0 Å². The highest BCUT2D eigenvalue weighted by atomic mass is 32.2. The van der Waals surface area contributed by atoms with Crippen molar-refractivity contribution < 1.29 is 26.4 Å². The molecular weight excluding hydrogens is 237 g/mol. The predicted molar refractivity (Wildman–Crippen MR) is 44.9 cm³/mol. The van der Waals surface area contributed by atoms with Gasteiger partial charge in [-0.15, -0.1) is 0 Å². The second-order valence-corrected chi connectivity index (χ2v) is 4.65. The van der Waals surface area contributed by atoms with Crippen LogP contribution in [0, 0.1) is 0 Å². The van der Waals surface area contributed by atoms with Crippen molar-refractivity contribution in [3.05, 3.63) is 0 Å². The Balaban J connectivity index is 2.51. The summed E-state index contributed by atoms with van der Waals surface area (Å²) in [6.45, 7) is -1.31. The highest BCUT2D eigenvalue weighted by molar-refractivity contribution is 7.87. The number of halogens is 3. The van der Waals surface area contributed by atoms with E-state index in [4.69, 9.17) is 4.84 Å². The predicted octanol–water partition coefficient (Wildman–Crippen LogP) is 0.411. The lowest BCUT2D eigenvalue weighted by molar-refractivity contribution is -0.126. The smallest absolute Gasteiger partial charge is 0.283 e. The fourth-order valence-electron chi connectivity index (χ4n) is 1.01. The summed E-state index contributed by atoms with van der Waals surface area (Å²) in [7, 11) is -4.18. The van der Waals surface area contributed by atoms with Crippen LogP contribution in [-0.4, -0.2) is 38.8 Å². The zero-order valence-corrected chi connectivity index (χ0v) is 8.57. The van der Waals surface area contributed by atoms with Gasteiger partial charge in [0, 0.05) is 6.54 Å². The molecule has 1 saturated heterocycles. The Hall–Kier alpha value is -0.380. The van der Waals surface area contributed by atoms with Crippen molar-refractivity contribution >= 4 is 10.2 Å². The van der Waals surface area contributed by atoms with Gasteiger partial charge in [0.25, 0.3) is 0 Å². The van der Waals surface area contributed by atoms with Crippen LogP contribution in [0.1, 0.15) is 12.8 Å². The molecule has 1 fully saturated rings. The average molecular weight is 248 g/mol. The second kappa shape index (κ2) is 4.64. The first kappa shape index (κ1) is 12.7. The van der Waals surface area contributed by atoms with Crippen LogP contribution in [0.25, 0.3) is 0 Å². The van der Waals surface area contributed by atoms with E-state index in [0.717, 1.165) is 0 Å². The topological polar surface area (TPSA) is 58.6 Å². The van der Waals surface area contributed by atoms with Crippen LogP contribution in [-0.2, 0) is 15.0 Å². The van der Waals surface area contributed by atoms with Crippen molar-refractivity contribution in [3.63, 3.8) is 0 Å². The van der Waals surface area contributed by atoms with E-state index in [-0.39, 0.29) is 13.2 Å². The van der Waals surface area contributed by atoms with Gasteiger partial charge < -0.3 is 0 Å². The molecule has 0 saturated carbocycles. The molecule has 1 aliphatic heterocycles. The molecule has 5 nitrogen and oxygen atoms in total. The summed E-state index contributed by atoms with van der Waals surface area (Å²) >= 11 is 0. The van der Waals surface area contributed by atoms with Gasteiger partial charge in [-0.05, 0) is 12.8 Å². The van der Waals surface area contributed by atoms with Gasteiger partial charge >= 0.3 is 16.4 Å². The summed E-state index contributed by atoms with van der Waals surface area (Å²) in [5, 5.41) is 0. The van der Waals surface area contributed by atoms with Crippen LogP contribution in [0.15, 0.2) is 0 Å². The Labute approximate surface area is 85.3 Å². The Morgan fingerprint density at radius 1 is 1.33 bits per heavy atom. The Morgan fingerprint density at radius 3 is 2.47 bits per heavy atom. The highest BCUT2D eigenvalue weighted by Gasteiger charge is 2.32. The van der Waals surface area contributed by atoms with Crippen molar-refractivity contribution in [2.45, 2.75) is 19.0 Å². The Morgan fingerprint density at radius 2 is 2.00 bits per heavy atom. The van der Waals surface area contributed by atoms with E-state index < -0.39 is 22.9 Å². The summed E-state index contributed by atoms with van der Waals surface area (Å²) in [5.74, 6) is 0. The van der Waals surface area contributed by atoms with Crippen LogP contribution in [0.2, 0.25) is 0 Å². The number of hydrogen-bond donors (Lipinski definition) is 1. The largest absolute Gasteiger partial charge is 0.402 e. The Kier molecular flexibility index (Phi) is 3.93. The molecule has 15 heavy (non-hydrogen) atoms. The van der Waals surface area contributed by atoms with Crippen LogP contribution in [0.3, 0.4) is 0 Å². The second-order valence-electron chi connectivity index (χ2n) is 3.01. The summed E-state index contributed by atoms with van der Waals surface area (Å²) in [6, 6.07) is 0. The lowest BCUT2D eigenvalue weighted by Crippen LogP contribution is -2.46. The van der Waals surface area contributed by atoms with Crippen molar-refractivity contribution in [2.75, 3.05) is 19.7 Å². The molecule has 0 unspecified atom stereocenters. The Bertz CT molecular complexity index is 297. The molecule has 0 aliphatic carbocycles. The molecule has 0 aromatic carbocycles.